The summed E-state index contributed by atoms with van der Waals surface area (Å²) in [5, 5.41) is 4.58. The van der Waals surface area contributed by atoms with Gasteiger partial charge in [-0.1, -0.05) is 30.7 Å². The van der Waals surface area contributed by atoms with Gasteiger partial charge in [0.25, 0.3) is 0 Å². The second kappa shape index (κ2) is 6.68. The minimum atomic E-state index is 0.596. The summed E-state index contributed by atoms with van der Waals surface area (Å²) >= 11 is 5.98. The molecule has 0 saturated carbocycles. The maximum absolute atomic E-state index is 5.98. The largest absolute Gasteiger partial charge is 0.311 e. The van der Waals surface area contributed by atoms with Crippen LogP contribution in [0.15, 0.2) is 24.3 Å². The lowest BCUT2D eigenvalue weighted by atomic mass is 9.95. The van der Waals surface area contributed by atoms with Gasteiger partial charge < -0.3 is 5.32 Å². The lowest BCUT2D eigenvalue weighted by Gasteiger charge is -2.40. The number of nitrogens with one attached hydrogen (secondary N) is 1. The van der Waals surface area contributed by atoms with Crippen molar-refractivity contribution in [3.8, 4) is 0 Å². The van der Waals surface area contributed by atoms with Gasteiger partial charge in [-0.25, -0.2) is 0 Å². The van der Waals surface area contributed by atoms with Crippen LogP contribution in [-0.4, -0.2) is 35.6 Å². The molecule has 116 valence electrons. The number of likely N-dealkylation sites (N-methyl/N-ethyl adjacent to an activating group) is 1. The molecule has 2 fully saturated rings. The molecule has 0 radical (unpaired) electrons. The van der Waals surface area contributed by atoms with E-state index in [4.69, 9.17) is 11.6 Å². The quantitative estimate of drug-likeness (QED) is 0.888. The number of benzene rings is 1. The van der Waals surface area contributed by atoms with Gasteiger partial charge in [0.2, 0.25) is 0 Å². The predicted molar refractivity (Wildman–Crippen MR) is 90.0 cm³/mol. The number of fused-ring (bicyclic) bond motifs is 2. The number of rotatable bonds is 5. The van der Waals surface area contributed by atoms with Gasteiger partial charge in [-0.15, -0.1) is 0 Å². The molecule has 3 rings (SSSR count). The van der Waals surface area contributed by atoms with Crippen LogP contribution in [0.3, 0.4) is 0 Å². The topological polar surface area (TPSA) is 15.3 Å². The third-order valence-corrected chi connectivity index (χ3v) is 5.54. The van der Waals surface area contributed by atoms with Crippen LogP contribution in [0, 0.1) is 0 Å². The average molecular weight is 307 g/mol. The van der Waals surface area contributed by atoms with Crippen LogP contribution in [0.25, 0.3) is 0 Å². The maximum atomic E-state index is 5.98. The number of piperidine rings is 1. The highest BCUT2D eigenvalue weighted by Crippen LogP contribution is 2.31. The molecule has 0 aromatic heterocycles. The lowest BCUT2D eigenvalue weighted by molar-refractivity contribution is 0.107. The van der Waals surface area contributed by atoms with Crippen LogP contribution in [0.5, 0.6) is 0 Å². The minimum Gasteiger partial charge on any atom is -0.311 e. The second-order valence-electron chi connectivity index (χ2n) is 6.77. The Morgan fingerprint density at radius 3 is 2.38 bits per heavy atom. The zero-order chi connectivity index (χ0) is 14.8. The summed E-state index contributed by atoms with van der Waals surface area (Å²) in [6.45, 7) is 5.84. The van der Waals surface area contributed by atoms with Gasteiger partial charge in [0.05, 0.1) is 0 Å². The molecule has 1 aromatic carbocycles. The first-order valence-electron chi connectivity index (χ1n) is 8.42. The molecule has 3 unspecified atom stereocenters. The standard InChI is InChI=1S/C18H27ClN2/c1-3-21(18-11-16-8-9-17(12-18)20-16)13(2)10-14-4-6-15(19)7-5-14/h4-7,13,16-18,20H,3,8-12H2,1-2H3. The van der Waals surface area contributed by atoms with Gasteiger partial charge in [0, 0.05) is 29.2 Å². The Balaban J connectivity index is 1.63. The molecule has 0 spiro atoms. The molecule has 3 atom stereocenters. The van der Waals surface area contributed by atoms with Gasteiger partial charge in [0.15, 0.2) is 0 Å². The fourth-order valence-corrected chi connectivity index (χ4v) is 4.43. The van der Waals surface area contributed by atoms with Crippen molar-refractivity contribution in [1.29, 1.82) is 0 Å². The highest BCUT2D eigenvalue weighted by atomic mass is 35.5. The van der Waals surface area contributed by atoms with Gasteiger partial charge in [-0.05, 0) is 63.3 Å². The molecule has 2 aliphatic heterocycles. The van der Waals surface area contributed by atoms with Gasteiger partial charge >= 0.3 is 0 Å². The number of nitrogens with zero attached hydrogens (tertiary/aromatic N) is 1. The molecule has 2 bridgehead atoms. The van der Waals surface area contributed by atoms with Crippen LogP contribution in [-0.2, 0) is 6.42 Å². The van der Waals surface area contributed by atoms with Crippen LogP contribution in [0.1, 0.15) is 45.1 Å². The van der Waals surface area contributed by atoms with Crippen LogP contribution >= 0.6 is 11.6 Å². The molecule has 21 heavy (non-hydrogen) atoms. The molecule has 1 aromatic rings. The number of hydrogen-bond acceptors (Lipinski definition) is 2. The van der Waals surface area contributed by atoms with Crippen molar-refractivity contribution in [1.82, 2.24) is 10.2 Å². The monoisotopic (exact) mass is 306 g/mol. The fourth-order valence-electron chi connectivity index (χ4n) is 4.31. The van der Waals surface area contributed by atoms with E-state index in [-0.39, 0.29) is 0 Å². The highest BCUT2D eigenvalue weighted by Gasteiger charge is 2.36. The molecule has 2 nitrogen and oxygen atoms in total. The summed E-state index contributed by atoms with van der Waals surface area (Å²) in [5.74, 6) is 0. The van der Waals surface area contributed by atoms with Crippen molar-refractivity contribution in [2.75, 3.05) is 6.54 Å². The smallest absolute Gasteiger partial charge is 0.0406 e. The van der Waals surface area contributed by atoms with Crippen molar-refractivity contribution in [2.24, 2.45) is 0 Å². The molecular formula is C18H27ClN2. The Labute approximate surface area is 133 Å². The third-order valence-electron chi connectivity index (χ3n) is 5.29. The third kappa shape index (κ3) is 3.61. The van der Waals surface area contributed by atoms with Crippen LogP contribution < -0.4 is 5.32 Å². The number of halogens is 1. The van der Waals surface area contributed by atoms with E-state index in [0.29, 0.717) is 6.04 Å². The van der Waals surface area contributed by atoms with Crippen molar-refractivity contribution >= 4 is 11.6 Å². The first kappa shape index (κ1) is 15.3. The predicted octanol–water partition coefficient (Wildman–Crippen LogP) is 3.88. The Morgan fingerprint density at radius 1 is 1.19 bits per heavy atom. The van der Waals surface area contributed by atoms with Crippen LogP contribution in [0.4, 0.5) is 0 Å². The molecule has 2 aliphatic rings. The van der Waals surface area contributed by atoms with E-state index in [0.717, 1.165) is 36.1 Å². The fraction of sp³-hybridized carbons (Fsp3) is 0.667. The summed E-state index contributed by atoms with van der Waals surface area (Å²) < 4.78 is 0. The summed E-state index contributed by atoms with van der Waals surface area (Å²) in [5.41, 5.74) is 1.39. The van der Waals surface area contributed by atoms with E-state index < -0.39 is 0 Å². The van der Waals surface area contributed by atoms with Crippen molar-refractivity contribution in [3.63, 3.8) is 0 Å². The van der Waals surface area contributed by atoms with E-state index in [1.165, 1.54) is 31.2 Å². The molecule has 1 N–H and O–H groups in total. The molecule has 2 heterocycles. The van der Waals surface area contributed by atoms with E-state index in [9.17, 15) is 0 Å². The molecule has 0 aliphatic carbocycles. The summed E-state index contributed by atoms with van der Waals surface area (Å²) in [4.78, 5) is 2.72. The Bertz CT molecular complexity index is 447. The van der Waals surface area contributed by atoms with Crippen molar-refractivity contribution in [3.05, 3.63) is 34.9 Å². The van der Waals surface area contributed by atoms with E-state index in [2.05, 4.69) is 36.2 Å². The van der Waals surface area contributed by atoms with Crippen LogP contribution in [0.2, 0.25) is 5.02 Å². The summed E-state index contributed by atoms with van der Waals surface area (Å²) in [6, 6.07) is 11.2. The molecule has 3 heteroatoms. The molecule has 2 saturated heterocycles. The Hall–Kier alpha value is -0.570. The van der Waals surface area contributed by atoms with Gasteiger partial charge in [-0.2, -0.15) is 0 Å². The van der Waals surface area contributed by atoms with E-state index >= 15 is 0 Å². The SMILES string of the molecule is CCN(C(C)Cc1ccc(Cl)cc1)C1CC2CCC(C1)N2. The normalized spacial score (nSPS) is 29.8. The first-order chi connectivity index (χ1) is 10.2. The zero-order valence-corrected chi connectivity index (χ0v) is 13.9. The highest BCUT2D eigenvalue weighted by molar-refractivity contribution is 6.30. The second-order valence-corrected chi connectivity index (χ2v) is 7.21. The average Bonchev–Trinajstić information content (AvgIpc) is 2.81. The zero-order valence-electron chi connectivity index (χ0n) is 13.2. The van der Waals surface area contributed by atoms with Gasteiger partial charge in [-0.3, -0.25) is 4.90 Å². The maximum Gasteiger partial charge on any atom is 0.0406 e. The lowest BCUT2D eigenvalue weighted by Crippen LogP contribution is -2.51. The Kier molecular flexibility index (Phi) is 4.88. The molecule has 0 amide bonds. The summed E-state index contributed by atoms with van der Waals surface area (Å²) in [7, 11) is 0. The van der Waals surface area contributed by atoms with Crippen molar-refractivity contribution in [2.45, 2.75) is 70.1 Å². The molecular weight excluding hydrogens is 280 g/mol. The van der Waals surface area contributed by atoms with Gasteiger partial charge in [0.1, 0.15) is 0 Å². The Morgan fingerprint density at radius 2 is 1.81 bits per heavy atom. The minimum absolute atomic E-state index is 0.596. The van der Waals surface area contributed by atoms with E-state index in [1.54, 1.807) is 0 Å². The first-order valence-corrected chi connectivity index (χ1v) is 8.79. The summed E-state index contributed by atoms with van der Waals surface area (Å²) in [6.07, 6.45) is 6.53. The van der Waals surface area contributed by atoms with E-state index in [1.807, 2.05) is 12.1 Å². The van der Waals surface area contributed by atoms with Crippen molar-refractivity contribution < 1.29 is 0 Å². The number of hydrogen-bond donors (Lipinski definition) is 1.